The number of rotatable bonds is 6. The zero-order valence-electron chi connectivity index (χ0n) is 47.2. The lowest BCUT2D eigenvalue weighted by Gasteiger charge is -2.08. The molecule has 8 nitrogen and oxygen atoms in total. The predicted molar refractivity (Wildman–Crippen MR) is 384 cm³/mol. The van der Waals surface area contributed by atoms with E-state index in [9.17, 15) is 14.4 Å². The van der Waals surface area contributed by atoms with Crippen molar-refractivity contribution >= 4 is 211 Å². The number of fused-ring (bicyclic) bond motifs is 4. The number of aromatic nitrogens is 1. The van der Waals surface area contributed by atoms with Gasteiger partial charge in [-0.3, -0.25) is 14.4 Å². The Morgan fingerprint density at radius 2 is 0.940 bits per heavy atom. The Balaban J connectivity index is 0.000000335. The fraction of sp³-hybridized carbons (Fsp3) is 0.172. The van der Waals surface area contributed by atoms with Crippen molar-refractivity contribution < 1.29 is 14.4 Å². The van der Waals surface area contributed by atoms with Crippen molar-refractivity contribution in [1.29, 1.82) is 0 Å². The molecule has 0 atom stereocenters. The summed E-state index contributed by atoms with van der Waals surface area (Å²) in [6.07, 6.45) is 0. The second-order valence-corrected chi connectivity index (χ2v) is 33.3. The lowest BCUT2D eigenvalue weighted by atomic mass is 9.98. The molecule has 0 aliphatic carbocycles. The summed E-state index contributed by atoms with van der Waals surface area (Å²) in [4.78, 5) is 38.8. The molecule has 0 aliphatic rings. The highest BCUT2D eigenvalue weighted by Crippen LogP contribution is 2.32. The van der Waals surface area contributed by atoms with Crippen LogP contribution in [0.5, 0.6) is 0 Å². The van der Waals surface area contributed by atoms with E-state index < -0.39 is 11.4 Å². The Morgan fingerprint density at radius 1 is 0.578 bits per heavy atom. The van der Waals surface area contributed by atoms with Gasteiger partial charge in [-0.1, -0.05) is 246 Å². The number of nitrogens with zero attached hydrogens (tertiary/aromatic N) is 2. The van der Waals surface area contributed by atoms with Crippen LogP contribution in [-0.4, -0.2) is 65.3 Å². The van der Waals surface area contributed by atoms with E-state index in [1.807, 2.05) is 72.1 Å². The third kappa shape index (κ3) is 29.1. The van der Waals surface area contributed by atoms with Crippen molar-refractivity contribution in [1.82, 2.24) is 9.88 Å². The van der Waals surface area contributed by atoms with Gasteiger partial charge in [-0.2, -0.15) is 0 Å². The van der Waals surface area contributed by atoms with Crippen LogP contribution in [0.2, 0.25) is 0 Å². The summed E-state index contributed by atoms with van der Waals surface area (Å²) in [6, 6.07) is 61.8. The summed E-state index contributed by atoms with van der Waals surface area (Å²) in [6.45, 7) is 12.3. The monoisotopic (exact) mass is 1500 g/mol. The second-order valence-electron chi connectivity index (χ2n) is 18.0. The van der Waals surface area contributed by atoms with Gasteiger partial charge in [-0.15, -0.1) is 11.3 Å². The molecule has 9 aromatic carbocycles. The normalized spacial score (nSPS) is 9.86. The Hall–Kier alpha value is -4.28. The Bertz CT molecular complexity index is 3600. The SMILES string of the molecule is BrC(Br)Br.CC(=O)Cl.CC(=O)c1ccc(C)c2ccccc12.CN(C)Cc1ccccc1.Cc1ccc(-c2csc(N)n2)c2ccccc12.Cc1ccc(C(=O)CBr)c2ccccc12.Cc1cccc2ccccc12.NC(N)=S.[Cl][Al]([Cl])[Cl]. The van der Waals surface area contributed by atoms with Crippen LogP contribution in [0.3, 0.4) is 0 Å². The quantitative estimate of drug-likeness (QED) is 0.0487. The largest absolute Gasteiger partial charge is 0.643 e. The Morgan fingerprint density at radius 3 is 1.36 bits per heavy atom. The zero-order valence-corrected chi connectivity index (χ0v) is 59.3. The average Bonchev–Trinajstić information content (AvgIpc) is 4.14. The van der Waals surface area contributed by atoms with Gasteiger partial charge in [-0.25, -0.2) is 35.1 Å². The number of thiazole rings is 1. The molecule has 0 saturated heterocycles. The molecule has 0 bridgehead atoms. The van der Waals surface area contributed by atoms with E-state index in [4.69, 9.17) is 35.9 Å². The van der Waals surface area contributed by atoms with Gasteiger partial charge in [0.2, 0.25) is 5.24 Å². The molecular formula is C64H66AlBr4Cl4N5O3S2. The van der Waals surface area contributed by atoms with Gasteiger partial charge in [0.05, 0.1) is 11.0 Å². The molecule has 10 aromatic rings. The summed E-state index contributed by atoms with van der Waals surface area (Å²) in [5.74, 6) is 0.257. The Labute approximate surface area is 553 Å². The van der Waals surface area contributed by atoms with Crippen LogP contribution in [0.1, 0.15) is 62.4 Å². The number of hydrogen-bond acceptors (Lipinski definition) is 8. The van der Waals surface area contributed by atoms with Gasteiger partial charge in [0.25, 0.3) is 0 Å². The number of carbonyl (C=O) groups excluding carboxylic acids is 3. The third-order valence-corrected chi connectivity index (χ3v) is 12.6. The fourth-order valence-corrected chi connectivity index (χ4v) is 8.81. The molecule has 1 aromatic heterocycles. The van der Waals surface area contributed by atoms with Crippen LogP contribution < -0.4 is 17.2 Å². The number of Topliss-reactive ketones (excluding diaryl/α,β-unsaturated/α-hetero) is 2. The van der Waals surface area contributed by atoms with E-state index in [1.54, 1.807) is 6.92 Å². The molecule has 19 heteroatoms. The van der Waals surface area contributed by atoms with E-state index in [0.29, 0.717) is 10.5 Å². The zero-order chi connectivity index (χ0) is 62.2. The van der Waals surface area contributed by atoms with E-state index in [2.05, 4.69) is 266 Å². The molecule has 1 heterocycles. The minimum atomic E-state index is -1.72. The first kappa shape index (κ1) is 74.8. The van der Waals surface area contributed by atoms with Gasteiger partial charge in [0.15, 0.2) is 21.8 Å². The molecule has 0 amide bonds. The molecule has 0 fully saturated rings. The van der Waals surface area contributed by atoms with Crippen molar-refractivity contribution in [3.05, 3.63) is 226 Å². The number of ketones is 2. The summed E-state index contributed by atoms with van der Waals surface area (Å²) in [7, 11) is 19.0. The maximum atomic E-state index is 11.7. The van der Waals surface area contributed by atoms with E-state index >= 15 is 0 Å². The van der Waals surface area contributed by atoms with Crippen LogP contribution in [0, 0.1) is 27.7 Å². The summed E-state index contributed by atoms with van der Waals surface area (Å²) in [5.41, 5.74) is 25.1. The van der Waals surface area contributed by atoms with Gasteiger partial charge in [0, 0.05) is 35.5 Å². The molecule has 436 valence electrons. The van der Waals surface area contributed by atoms with Gasteiger partial charge in [0.1, 0.15) is 2.65 Å². The molecule has 0 unspecified atom stereocenters. The molecule has 6 N–H and O–H groups in total. The van der Waals surface area contributed by atoms with Crippen LogP contribution >= 0.6 is 129 Å². The smallest absolute Gasteiger partial charge is 0.377 e. The molecule has 0 saturated carbocycles. The molecule has 10 rings (SSSR count). The van der Waals surface area contributed by atoms with Crippen LogP contribution in [-0.2, 0) is 11.3 Å². The molecule has 0 aliphatic heterocycles. The number of thiocarbonyl (C=S) groups is 1. The number of hydrogen-bond donors (Lipinski definition) is 3. The number of halogens is 8. The maximum absolute atomic E-state index is 11.7. The van der Waals surface area contributed by atoms with Crippen molar-refractivity contribution in [3.8, 4) is 11.3 Å². The number of alkyl halides is 4. The fourth-order valence-electron chi connectivity index (χ4n) is 7.94. The molecular weight excluding hydrogens is 1440 g/mol. The first-order valence-corrected chi connectivity index (χ1v) is 36.0. The minimum absolute atomic E-state index is 0.000000000000000222. The van der Waals surface area contributed by atoms with E-state index in [0.717, 1.165) is 45.1 Å². The lowest BCUT2D eigenvalue weighted by molar-refractivity contribution is -0.109. The van der Waals surface area contributed by atoms with E-state index in [-0.39, 0.29) is 24.6 Å². The Kier molecular flexibility index (Phi) is 36.9. The number of carbonyl (C=O) groups is 3. The van der Waals surface area contributed by atoms with Crippen molar-refractivity contribution in [2.75, 3.05) is 25.2 Å². The number of nitrogens with two attached hydrogens (primary N) is 3. The highest BCUT2D eigenvalue weighted by Gasteiger charge is 2.11. The van der Waals surface area contributed by atoms with Gasteiger partial charge < -0.3 is 22.1 Å². The molecule has 0 radical (unpaired) electrons. The molecule has 83 heavy (non-hydrogen) atoms. The lowest BCUT2D eigenvalue weighted by Crippen LogP contribution is -2.18. The van der Waals surface area contributed by atoms with Gasteiger partial charge >= 0.3 is 11.4 Å². The number of anilines is 1. The highest BCUT2D eigenvalue weighted by atomic mass is 80.0. The van der Waals surface area contributed by atoms with Crippen molar-refractivity contribution in [3.63, 3.8) is 0 Å². The third-order valence-electron chi connectivity index (χ3n) is 11.4. The second kappa shape index (κ2) is 40.9. The van der Waals surface area contributed by atoms with Crippen LogP contribution in [0.15, 0.2) is 187 Å². The summed E-state index contributed by atoms with van der Waals surface area (Å²) < 4.78 is 0.271. The first-order chi connectivity index (χ1) is 39.3. The highest BCUT2D eigenvalue weighted by molar-refractivity contribution is 9.38. The molecule has 0 spiro atoms. The van der Waals surface area contributed by atoms with Crippen LogP contribution in [0.25, 0.3) is 54.3 Å². The number of aryl methyl sites for hydroxylation is 4. The van der Waals surface area contributed by atoms with Crippen molar-refractivity contribution in [2.24, 2.45) is 11.5 Å². The topological polar surface area (TPSA) is 145 Å². The summed E-state index contributed by atoms with van der Waals surface area (Å²) in [5, 5.41) is 12.2. The number of nitrogen functional groups attached to an aromatic ring is 1. The predicted octanol–water partition coefficient (Wildman–Crippen LogP) is 19.9. The standard InChI is InChI=1S/C14H12N2S.C13H11BrO.C13H12O.C11H10.C9H13N.C2H3ClO.CHBr3.CH4N2S.Al.3ClH/c1-9-6-7-12(13-8-17-14(15)16-13)11-5-3-2-4-10(9)11;1-9-6-7-12(13(15)8-14)11-5-3-2-4-10(9)11;1-9-7-8-12(10(2)14)13-6-4-3-5-11(9)13;1-9-5-4-7-10-6-2-3-8-11(9)10;1-10(2)8-9-6-4-3-5-7-9;1-2(3)4;2*2-1(3)4;;;;/h2-8H,1H3,(H2,15,16);2-7H,8H2,1H3;3-8H,1-2H3;2-8H,1H3;3-7H,8H2,1-2H3;1H3;1H;(H4,2,3,4);;3*1H/q;;;;;;;;+3;;;/p-3. The average molecular weight is 1510 g/mol. The minimum Gasteiger partial charge on any atom is -0.377 e. The summed E-state index contributed by atoms with van der Waals surface area (Å²) >= 11 is 21.0. The van der Waals surface area contributed by atoms with Crippen LogP contribution in [0.4, 0.5) is 5.13 Å². The number of benzene rings is 9. The first-order valence-electron chi connectivity index (χ1n) is 25.2. The van der Waals surface area contributed by atoms with Crippen molar-refractivity contribution in [2.45, 2.75) is 50.7 Å². The maximum Gasteiger partial charge on any atom is 0.643 e. The van der Waals surface area contributed by atoms with E-state index in [1.165, 1.54) is 73.0 Å². The van der Waals surface area contributed by atoms with Gasteiger partial charge in [-0.05, 0) is 143 Å².